The van der Waals surface area contributed by atoms with Crippen molar-refractivity contribution in [1.29, 1.82) is 0 Å². The molecule has 3 rings (SSSR count). The normalized spacial score (nSPS) is 22.2. The summed E-state index contributed by atoms with van der Waals surface area (Å²) in [4.78, 5) is 16.4. The topological polar surface area (TPSA) is 67.4 Å². The first kappa shape index (κ1) is 10.7. The molecule has 0 aliphatic carbocycles. The Morgan fingerprint density at radius 1 is 1.41 bits per heavy atom. The number of amides is 1. The van der Waals surface area contributed by atoms with E-state index in [4.69, 9.17) is 5.73 Å². The minimum absolute atomic E-state index is 0.0190. The van der Waals surface area contributed by atoms with Crippen LogP contribution >= 0.6 is 0 Å². The lowest BCUT2D eigenvalue weighted by Gasteiger charge is -2.36. The molecule has 1 fully saturated rings. The number of nitrogens with zero attached hydrogens (tertiary/aromatic N) is 4. The van der Waals surface area contributed by atoms with Gasteiger partial charge in [-0.05, 0) is 19.8 Å². The van der Waals surface area contributed by atoms with Crippen LogP contribution in [-0.4, -0.2) is 44.7 Å². The van der Waals surface area contributed by atoms with Crippen molar-refractivity contribution in [3.8, 4) is 0 Å². The summed E-state index contributed by atoms with van der Waals surface area (Å²) in [6.45, 7) is 4.22. The van der Waals surface area contributed by atoms with Crippen molar-refractivity contribution in [1.82, 2.24) is 19.6 Å². The maximum absolute atomic E-state index is 12.2. The standard InChI is InChI=1S/C11H17N5O/c1-8-13-6-10-7-15(11(17)16(8)10)14-4-2-9(12)3-5-14/h6,9H,2-5,7,12H2,1H3. The van der Waals surface area contributed by atoms with Gasteiger partial charge in [0, 0.05) is 19.1 Å². The van der Waals surface area contributed by atoms with Crippen LogP contribution in [0.2, 0.25) is 0 Å². The van der Waals surface area contributed by atoms with Gasteiger partial charge in [0.2, 0.25) is 0 Å². The van der Waals surface area contributed by atoms with E-state index in [2.05, 4.69) is 9.99 Å². The van der Waals surface area contributed by atoms with Crippen LogP contribution in [0.1, 0.15) is 24.4 Å². The summed E-state index contributed by atoms with van der Waals surface area (Å²) in [5.41, 5.74) is 6.85. The number of carbonyl (C=O) groups excluding carboxylic acids is 1. The maximum Gasteiger partial charge on any atom is 0.344 e. The predicted molar refractivity (Wildman–Crippen MR) is 62.1 cm³/mol. The Labute approximate surface area is 100.0 Å². The van der Waals surface area contributed by atoms with Crippen LogP contribution in [-0.2, 0) is 6.54 Å². The Morgan fingerprint density at radius 2 is 2.12 bits per heavy atom. The molecule has 92 valence electrons. The minimum Gasteiger partial charge on any atom is -0.328 e. The molecular weight excluding hydrogens is 218 g/mol. The number of fused-ring (bicyclic) bond motifs is 1. The van der Waals surface area contributed by atoms with Crippen LogP contribution in [0.25, 0.3) is 0 Å². The first-order valence-electron chi connectivity index (χ1n) is 6.02. The maximum atomic E-state index is 12.2. The van der Waals surface area contributed by atoms with Crippen LogP contribution < -0.4 is 5.73 Å². The highest BCUT2D eigenvalue weighted by Crippen LogP contribution is 2.22. The quantitative estimate of drug-likeness (QED) is 0.761. The average Bonchev–Trinajstić information content (AvgIpc) is 2.83. The van der Waals surface area contributed by atoms with E-state index in [1.165, 1.54) is 0 Å². The van der Waals surface area contributed by atoms with E-state index in [-0.39, 0.29) is 12.1 Å². The molecule has 3 heterocycles. The molecular formula is C11H17N5O. The van der Waals surface area contributed by atoms with Gasteiger partial charge in [0.1, 0.15) is 5.82 Å². The monoisotopic (exact) mass is 235 g/mol. The van der Waals surface area contributed by atoms with Crippen molar-refractivity contribution in [2.45, 2.75) is 32.4 Å². The molecule has 0 radical (unpaired) electrons. The number of aryl methyl sites for hydroxylation is 1. The molecule has 0 spiro atoms. The van der Waals surface area contributed by atoms with Crippen LogP contribution in [0, 0.1) is 6.92 Å². The Morgan fingerprint density at radius 3 is 2.76 bits per heavy atom. The molecule has 1 aromatic rings. The third-order valence-corrected chi connectivity index (χ3v) is 3.59. The Balaban J connectivity index is 1.78. The molecule has 1 aromatic heterocycles. The summed E-state index contributed by atoms with van der Waals surface area (Å²) in [7, 11) is 0. The zero-order valence-corrected chi connectivity index (χ0v) is 9.96. The lowest BCUT2D eigenvalue weighted by atomic mass is 10.1. The molecule has 0 unspecified atom stereocenters. The number of carbonyl (C=O) groups is 1. The second-order valence-electron chi connectivity index (χ2n) is 4.76. The number of rotatable bonds is 1. The molecule has 0 bridgehead atoms. The van der Waals surface area contributed by atoms with Crippen LogP contribution in [0.4, 0.5) is 4.79 Å². The van der Waals surface area contributed by atoms with Crippen LogP contribution in [0.15, 0.2) is 6.20 Å². The zero-order chi connectivity index (χ0) is 12.0. The minimum atomic E-state index is 0.0190. The van der Waals surface area contributed by atoms with Gasteiger partial charge in [0.05, 0.1) is 18.4 Å². The number of hydrogen-bond donors (Lipinski definition) is 1. The van der Waals surface area contributed by atoms with Crippen molar-refractivity contribution in [2.24, 2.45) is 5.73 Å². The second kappa shape index (κ2) is 3.82. The van der Waals surface area contributed by atoms with E-state index in [1.54, 1.807) is 10.8 Å². The van der Waals surface area contributed by atoms with Gasteiger partial charge in [-0.25, -0.2) is 19.4 Å². The predicted octanol–water partition coefficient (Wildman–Crippen LogP) is 0.313. The molecule has 17 heavy (non-hydrogen) atoms. The number of hydrazine groups is 1. The molecule has 1 amide bonds. The molecule has 2 N–H and O–H groups in total. The molecule has 1 saturated heterocycles. The van der Waals surface area contributed by atoms with E-state index in [9.17, 15) is 4.79 Å². The summed E-state index contributed by atoms with van der Waals surface area (Å²) in [6, 6.07) is 0.303. The fourth-order valence-corrected chi connectivity index (χ4v) is 2.55. The van der Waals surface area contributed by atoms with Gasteiger partial charge in [-0.3, -0.25) is 5.01 Å². The van der Waals surface area contributed by atoms with Crippen molar-refractivity contribution in [3.05, 3.63) is 17.7 Å². The Bertz CT molecular complexity index is 447. The van der Waals surface area contributed by atoms with E-state index in [0.29, 0.717) is 6.54 Å². The van der Waals surface area contributed by atoms with Gasteiger partial charge < -0.3 is 5.73 Å². The molecule has 0 saturated carbocycles. The van der Waals surface area contributed by atoms with Crippen molar-refractivity contribution in [2.75, 3.05) is 13.1 Å². The van der Waals surface area contributed by atoms with Gasteiger partial charge in [-0.1, -0.05) is 0 Å². The lowest BCUT2D eigenvalue weighted by molar-refractivity contribution is -0.00183. The summed E-state index contributed by atoms with van der Waals surface area (Å²) < 4.78 is 1.69. The van der Waals surface area contributed by atoms with E-state index < -0.39 is 0 Å². The van der Waals surface area contributed by atoms with Gasteiger partial charge in [-0.15, -0.1) is 0 Å². The molecule has 2 aliphatic rings. The van der Waals surface area contributed by atoms with E-state index in [0.717, 1.165) is 37.4 Å². The second-order valence-corrected chi connectivity index (χ2v) is 4.76. The van der Waals surface area contributed by atoms with Crippen LogP contribution in [0.3, 0.4) is 0 Å². The van der Waals surface area contributed by atoms with Gasteiger partial charge in [0.15, 0.2) is 0 Å². The fraction of sp³-hybridized carbons (Fsp3) is 0.636. The van der Waals surface area contributed by atoms with Crippen molar-refractivity contribution in [3.63, 3.8) is 0 Å². The molecule has 2 aliphatic heterocycles. The van der Waals surface area contributed by atoms with Gasteiger partial charge in [-0.2, -0.15) is 0 Å². The highest BCUT2D eigenvalue weighted by Gasteiger charge is 2.34. The highest BCUT2D eigenvalue weighted by molar-refractivity contribution is 5.80. The first-order chi connectivity index (χ1) is 8.16. The molecule has 6 heteroatoms. The third-order valence-electron chi connectivity index (χ3n) is 3.59. The number of imidazole rings is 1. The fourth-order valence-electron chi connectivity index (χ4n) is 2.55. The number of piperidine rings is 1. The largest absolute Gasteiger partial charge is 0.344 e. The van der Waals surface area contributed by atoms with Crippen molar-refractivity contribution >= 4 is 6.03 Å². The van der Waals surface area contributed by atoms with Crippen molar-refractivity contribution < 1.29 is 4.79 Å². The molecule has 0 aromatic carbocycles. The number of nitrogens with two attached hydrogens (primary N) is 1. The van der Waals surface area contributed by atoms with Crippen LogP contribution in [0.5, 0.6) is 0 Å². The average molecular weight is 235 g/mol. The highest BCUT2D eigenvalue weighted by atomic mass is 16.2. The summed E-state index contributed by atoms with van der Waals surface area (Å²) in [5, 5.41) is 3.92. The Hall–Kier alpha value is -1.40. The summed E-state index contributed by atoms with van der Waals surface area (Å²) in [6.07, 6.45) is 3.69. The lowest BCUT2D eigenvalue weighted by Crippen LogP contribution is -2.50. The van der Waals surface area contributed by atoms with Gasteiger partial charge in [0.25, 0.3) is 0 Å². The Kier molecular flexibility index (Phi) is 2.41. The molecule has 6 nitrogen and oxygen atoms in total. The van der Waals surface area contributed by atoms with E-state index >= 15 is 0 Å². The SMILES string of the molecule is Cc1ncc2n1C(=O)N(N1CCC(N)CC1)C2. The summed E-state index contributed by atoms with van der Waals surface area (Å²) >= 11 is 0. The summed E-state index contributed by atoms with van der Waals surface area (Å²) in [5.74, 6) is 0.765. The number of hydrogen-bond acceptors (Lipinski definition) is 4. The van der Waals surface area contributed by atoms with Gasteiger partial charge >= 0.3 is 6.03 Å². The first-order valence-corrected chi connectivity index (χ1v) is 6.02. The third kappa shape index (κ3) is 1.64. The van der Waals surface area contributed by atoms with E-state index in [1.807, 2.05) is 11.9 Å². The number of aromatic nitrogens is 2. The zero-order valence-electron chi connectivity index (χ0n) is 9.96. The molecule has 0 atom stereocenters. The smallest absolute Gasteiger partial charge is 0.328 e.